The van der Waals surface area contributed by atoms with Crippen LogP contribution in [0.25, 0.3) is 0 Å². The predicted molar refractivity (Wildman–Crippen MR) is 107 cm³/mol. The Morgan fingerprint density at radius 1 is 1.21 bits per heavy atom. The van der Waals surface area contributed by atoms with Crippen LogP contribution in [0.2, 0.25) is 0 Å². The molecule has 0 aliphatic heterocycles. The van der Waals surface area contributed by atoms with Crippen molar-refractivity contribution in [2.24, 2.45) is 5.92 Å². The summed E-state index contributed by atoms with van der Waals surface area (Å²) in [6.07, 6.45) is 7.42. The van der Waals surface area contributed by atoms with Crippen molar-refractivity contribution in [3.63, 3.8) is 0 Å². The minimum absolute atomic E-state index is 0.0209. The van der Waals surface area contributed by atoms with Gasteiger partial charge in [-0.2, -0.15) is 0 Å². The van der Waals surface area contributed by atoms with E-state index in [2.05, 4.69) is 23.8 Å². The van der Waals surface area contributed by atoms with Gasteiger partial charge in [0.15, 0.2) is 0 Å². The lowest BCUT2D eigenvalue weighted by Crippen LogP contribution is -2.50. The zero-order valence-electron chi connectivity index (χ0n) is 16.9. The molecule has 1 aliphatic rings. The van der Waals surface area contributed by atoms with E-state index in [4.69, 9.17) is 4.74 Å². The summed E-state index contributed by atoms with van der Waals surface area (Å²) in [4.78, 5) is 36.5. The number of hydrogen-bond donors (Lipinski definition) is 3. The van der Waals surface area contributed by atoms with E-state index in [0.717, 1.165) is 25.7 Å². The van der Waals surface area contributed by atoms with Crippen molar-refractivity contribution in [3.8, 4) is 0 Å². The first kappa shape index (κ1) is 23.9. The first-order valence-corrected chi connectivity index (χ1v) is 9.96. The van der Waals surface area contributed by atoms with Gasteiger partial charge in [0.1, 0.15) is 6.10 Å². The van der Waals surface area contributed by atoms with Crippen molar-refractivity contribution in [1.29, 1.82) is 0 Å². The molecule has 1 fully saturated rings. The molecule has 28 heavy (non-hydrogen) atoms. The number of hydrogen-bond acceptors (Lipinski definition) is 5. The average molecular weight is 395 g/mol. The second-order valence-electron chi connectivity index (χ2n) is 7.49. The summed E-state index contributed by atoms with van der Waals surface area (Å²) in [5.41, 5.74) is -0.555. The summed E-state index contributed by atoms with van der Waals surface area (Å²) in [5, 5.41) is 15.3. The second-order valence-corrected chi connectivity index (χ2v) is 7.49. The maximum absolute atomic E-state index is 12.5. The molecule has 0 aromatic carbocycles. The normalized spacial score (nSPS) is 17.2. The van der Waals surface area contributed by atoms with E-state index in [1.807, 2.05) is 0 Å². The van der Waals surface area contributed by atoms with Crippen LogP contribution in [-0.2, 0) is 19.1 Å². The molecular formula is C21H34N2O5. The molecule has 0 saturated heterocycles. The van der Waals surface area contributed by atoms with Gasteiger partial charge in [-0.3, -0.25) is 14.4 Å². The van der Waals surface area contributed by atoms with Crippen LogP contribution in [0.1, 0.15) is 58.3 Å². The Balaban J connectivity index is 2.49. The molecule has 158 valence electrons. The standard InChI is InChI=1S/C21H34N2O5/c1-4-6-10-19(26)28-16(3)14-22-20(27)17(9-5-2)13-18(25)23-21(15-24)11-7-8-12-21/h4-5,16-17,24H,1-2,6-15H2,3H3,(H,22,27)(H,23,25)/t16-,17-/m0/s1. The lowest BCUT2D eigenvalue weighted by Gasteiger charge is -2.28. The molecule has 0 unspecified atom stereocenters. The Hall–Kier alpha value is -2.15. The van der Waals surface area contributed by atoms with Gasteiger partial charge in [0.05, 0.1) is 24.6 Å². The van der Waals surface area contributed by atoms with E-state index in [-0.39, 0.29) is 43.8 Å². The summed E-state index contributed by atoms with van der Waals surface area (Å²) >= 11 is 0. The highest BCUT2D eigenvalue weighted by Gasteiger charge is 2.35. The van der Waals surface area contributed by atoms with Crippen LogP contribution in [-0.4, -0.2) is 47.7 Å². The predicted octanol–water partition coefficient (Wildman–Crippen LogP) is 2.00. The number of aliphatic hydroxyl groups is 1. The Kier molecular flexibility index (Phi) is 10.5. The van der Waals surface area contributed by atoms with E-state index >= 15 is 0 Å². The Bertz CT molecular complexity index is 555. The topological polar surface area (TPSA) is 105 Å². The molecule has 1 saturated carbocycles. The number of carbonyl (C=O) groups excluding carboxylic acids is 3. The lowest BCUT2D eigenvalue weighted by atomic mass is 9.95. The third-order valence-electron chi connectivity index (χ3n) is 4.97. The molecule has 0 bridgehead atoms. The van der Waals surface area contributed by atoms with E-state index in [1.165, 1.54) is 0 Å². The van der Waals surface area contributed by atoms with E-state index in [0.29, 0.717) is 12.8 Å². The Morgan fingerprint density at radius 2 is 1.89 bits per heavy atom. The molecule has 1 rings (SSSR count). The zero-order valence-corrected chi connectivity index (χ0v) is 16.9. The van der Waals surface area contributed by atoms with Crippen LogP contribution in [0, 0.1) is 5.92 Å². The summed E-state index contributed by atoms with van der Waals surface area (Å²) in [5.74, 6) is -1.43. The van der Waals surface area contributed by atoms with Gasteiger partial charge in [0.25, 0.3) is 0 Å². The van der Waals surface area contributed by atoms with Crippen molar-refractivity contribution in [3.05, 3.63) is 25.3 Å². The largest absolute Gasteiger partial charge is 0.461 e. The molecule has 7 heteroatoms. The fraction of sp³-hybridized carbons (Fsp3) is 0.667. The van der Waals surface area contributed by atoms with E-state index in [9.17, 15) is 19.5 Å². The van der Waals surface area contributed by atoms with Gasteiger partial charge in [-0.05, 0) is 32.6 Å². The van der Waals surface area contributed by atoms with Crippen LogP contribution < -0.4 is 10.6 Å². The number of carbonyl (C=O) groups is 3. The number of ether oxygens (including phenoxy) is 1. The van der Waals surface area contributed by atoms with Gasteiger partial charge >= 0.3 is 5.97 Å². The maximum Gasteiger partial charge on any atom is 0.306 e. The van der Waals surface area contributed by atoms with Crippen molar-refractivity contribution in [2.45, 2.75) is 69.9 Å². The molecule has 0 radical (unpaired) electrons. The monoisotopic (exact) mass is 394 g/mol. The highest BCUT2D eigenvalue weighted by molar-refractivity contribution is 5.86. The van der Waals surface area contributed by atoms with Crippen molar-refractivity contribution >= 4 is 17.8 Å². The van der Waals surface area contributed by atoms with E-state index in [1.54, 1.807) is 19.1 Å². The summed E-state index contributed by atoms with van der Waals surface area (Å²) in [6, 6.07) is 0. The SMILES string of the molecule is C=CCCC(=O)O[C@@H](C)CNC(=O)[C@@H](CC=C)CC(=O)NC1(CO)CCCC1. The minimum Gasteiger partial charge on any atom is -0.461 e. The first-order chi connectivity index (χ1) is 13.4. The van der Waals surface area contributed by atoms with Gasteiger partial charge in [0.2, 0.25) is 11.8 Å². The molecule has 7 nitrogen and oxygen atoms in total. The number of rotatable bonds is 13. The van der Waals surface area contributed by atoms with Crippen LogP contribution in [0.3, 0.4) is 0 Å². The highest BCUT2D eigenvalue weighted by Crippen LogP contribution is 2.29. The van der Waals surface area contributed by atoms with Gasteiger partial charge in [-0.1, -0.05) is 25.0 Å². The Morgan fingerprint density at radius 3 is 2.46 bits per heavy atom. The number of esters is 1. The van der Waals surface area contributed by atoms with Gasteiger partial charge < -0.3 is 20.5 Å². The molecule has 0 aromatic rings. The summed E-state index contributed by atoms with van der Waals surface area (Å²) in [6.45, 7) is 9.00. The Labute approximate surface area is 167 Å². The quantitative estimate of drug-likeness (QED) is 0.327. The molecule has 1 aliphatic carbocycles. The lowest BCUT2D eigenvalue weighted by molar-refractivity contribution is -0.148. The van der Waals surface area contributed by atoms with Crippen LogP contribution >= 0.6 is 0 Å². The molecule has 0 spiro atoms. The third-order valence-corrected chi connectivity index (χ3v) is 4.97. The number of nitrogens with one attached hydrogen (secondary N) is 2. The fourth-order valence-corrected chi connectivity index (χ4v) is 3.36. The summed E-state index contributed by atoms with van der Waals surface area (Å²) < 4.78 is 5.21. The minimum atomic E-state index is -0.557. The van der Waals surface area contributed by atoms with Crippen molar-refractivity contribution in [1.82, 2.24) is 10.6 Å². The van der Waals surface area contributed by atoms with Gasteiger partial charge in [0, 0.05) is 12.8 Å². The fourth-order valence-electron chi connectivity index (χ4n) is 3.36. The molecule has 2 atom stereocenters. The van der Waals surface area contributed by atoms with Crippen molar-refractivity contribution < 1.29 is 24.2 Å². The third kappa shape index (κ3) is 8.25. The highest BCUT2D eigenvalue weighted by atomic mass is 16.5. The van der Waals surface area contributed by atoms with Crippen LogP contribution in [0.15, 0.2) is 25.3 Å². The number of allylic oxidation sites excluding steroid dienone is 2. The molecule has 2 amide bonds. The number of amides is 2. The zero-order chi connectivity index (χ0) is 21.0. The molecular weight excluding hydrogens is 360 g/mol. The number of aliphatic hydroxyl groups excluding tert-OH is 1. The molecule has 0 heterocycles. The maximum atomic E-state index is 12.5. The molecule has 3 N–H and O–H groups in total. The smallest absolute Gasteiger partial charge is 0.306 e. The van der Waals surface area contributed by atoms with Crippen LogP contribution in [0.5, 0.6) is 0 Å². The van der Waals surface area contributed by atoms with E-state index < -0.39 is 17.6 Å². The molecule has 0 aromatic heterocycles. The second kappa shape index (κ2) is 12.3. The van der Waals surface area contributed by atoms with Gasteiger partial charge in [-0.25, -0.2) is 0 Å². The summed E-state index contributed by atoms with van der Waals surface area (Å²) in [7, 11) is 0. The van der Waals surface area contributed by atoms with Crippen LogP contribution in [0.4, 0.5) is 0 Å². The van der Waals surface area contributed by atoms with Crippen molar-refractivity contribution in [2.75, 3.05) is 13.2 Å². The average Bonchev–Trinajstić information content (AvgIpc) is 3.12. The van der Waals surface area contributed by atoms with Gasteiger partial charge in [-0.15, -0.1) is 13.2 Å². The first-order valence-electron chi connectivity index (χ1n) is 9.96.